The Kier molecular flexibility index (Phi) is 6.78. The van der Waals surface area contributed by atoms with Crippen LogP contribution in [0.5, 0.6) is 0 Å². The first-order valence-corrected chi connectivity index (χ1v) is 11.6. The first kappa shape index (κ1) is 20.6. The first-order chi connectivity index (χ1) is 12.8. The van der Waals surface area contributed by atoms with Gasteiger partial charge in [0, 0.05) is 24.2 Å². The van der Waals surface area contributed by atoms with E-state index in [1.54, 1.807) is 12.1 Å². The third-order valence-electron chi connectivity index (χ3n) is 5.28. The molecule has 0 aliphatic carbocycles. The zero-order valence-electron chi connectivity index (χ0n) is 15.6. The fourth-order valence-electron chi connectivity index (χ4n) is 3.76. The minimum atomic E-state index is -3.01. The van der Waals surface area contributed by atoms with Crippen molar-refractivity contribution in [3.8, 4) is 0 Å². The lowest BCUT2D eigenvalue weighted by Crippen LogP contribution is -2.47. The SMILES string of the molecule is CC(NC(=O)CN(CC1CCCO1)C1CCS(=O)(=O)C1)c1ccc(Cl)cc1. The van der Waals surface area contributed by atoms with E-state index in [1.807, 2.05) is 24.0 Å². The van der Waals surface area contributed by atoms with Crippen LogP contribution in [0.3, 0.4) is 0 Å². The molecule has 1 aromatic rings. The zero-order valence-corrected chi connectivity index (χ0v) is 17.1. The van der Waals surface area contributed by atoms with Crippen molar-refractivity contribution in [2.24, 2.45) is 0 Å². The number of halogens is 1. The summed E-state index contributed by atoms with van der Waals surface area (Å²) in [6.45, 7) is 3.44. The lowest BCUT2D eigenvalue weighted by molar-refractivity contribution is -0.123. The number of rotatable bonds is 7. The second-order valence-corrected chi connectivity index (χ2v) is 10.1. The Morgan fingerprint density at radius 3 is 2.67 bits per heavy atom. The van der Waals surface area contributed by atoms with E-state index >= 15 is 0 Å². The number of ether oxygens (including phenoxy) is 1. The van der Waals surface area contributed by atoms with Gasteiger partial charge < -0.3 is 10.1 Å². The summed E-state index contributed by atoms with van der Waals surface area (Å²) >= 11 is 5.91. The summed E-state index contributed by atoms with van der Waals surface area (Å²) in [4.78, 5) is 14.6. The van der Waals surface area contributed by atoms with Crippen molar-refractivity contribution < 1.29 is 17.9 Å². The van der Waals surface area contributed by atoms with Gasteiger partial charge in [0.15, 0.2) is 9.84 Å². The van der Waals surface area contributed by atoms with E-state index < -0.39 is 9.84 Å². The van der Waals surface area contributed by atoms with Crippen molar-refractivity contribution in [1.29, 1.82) is 0 Å². The monoisotopic (exact) mass is 414 g/mol. The van der Waals surface area contributed by atoms with Gasteiger partial charge in [0.2, 0.25) is 5.91 Å². The maximum Gasteiger partial charge on any atom is 0.234 e. The highest BCUT2D eigenvalue weighted by atomic mass is 35.5. The molecular weight excluding hydrogens is 388 g/mol. The summed E-state index contributed by atoms with van der Waals surface area (Å²) in [5.74, 6) is 0.210. The molecule has 0 bridgehead atoms. The Bertz CT molecular complexity index is 747. The number of hydrogen-bond acceptors (Lipinski definition) is 5. The summed E-state index contributed by atoms with van der Waals surface area (Å²) in [5, 5.41) is 3.66. The van der Waals surface area contributed by atoms with E-state index in [-0.39, 0.29) is 42.1 Å². The van der Waals surface area contributed by atoms with Gasteiger partial charge in [0.1, 0.15) is 0 Å². The van der Waals surface area contributed by atoms with E-state index in [2.05, 4.69) is 5.32 Å². The lowest BCUT2D eigenvalue weighted by atomic mass is 10.1. The quantitative estimate of drug-likeness (QED) is 0.740. The molecule has 1 N–H and O–H groups in total. The molecule has 2 aliphatic rings. The minimum absolute atomic E-state index is 0.0785. The topological polar surface area (TPSA) is 75.7 Å². The zero-order chi connectivity index (χ0) is 19.4. The molecule has 2 heterocycles. The third-order valence-corrected chi connectivity index (χ3v) is 7.28. The number of amides is 1. The molecule has 6 nitrogen and oxygen atoms in total. The lowest BCUT2D eigenvalue weighted by Gasteiger charge is -2.30. The normalized spacial score (nSPS) is 25.6. The number of sulfone groups is 1. The fourth-order valence-corrected chi connectivity index (χ4v) is 5.65. The molecule has 1 amide bonds. The standard InChI is InChI=1S/C19H27ClN2O4S/c1-14(15-4-6-16(20)7-5-15)21-19(23)12-22(11-18-3-2-9-26-18)17-8-10-27(24,25)13-17/h4-7,14,17-18H,2-3,8-13H2,1H3,(H,21,23). The third kappa shape index (κ3) is 5.91. The summed E-state index contributed by atoms with van der Waals surface area (Å²) < 4.78 is 29.5. The molecule has 0 saturated carbocycles. The molecule has 0 radical (unpaired) electrons. The molecule has 3 rings (SSSR count). The van der Waals surface area contributed by atoms with Crippen LogP contribution in [-0.4, -0.2) is 62.6 Å². The van der Waals surface area contributed by atoms with Crippen LogP contribution in [0.15, 0.2) is 24.3 Å². The van der Waals surface area contributed by atoms with Crippen molar-refractivity contribution in [2.75, 3.05) is 31.2 Å². The number of nitrogens with zero attached hydrogens (tertiary/aromatic N) is 1. The van der Waals surface area contributed by atoms with Crippen molar-refractivity contribution in [3.63, 3.8) is 0 Å². The Labute approximate surface area is 166 Å². The highest BCUT2D eigenvalue weighted by Gasteiger charge is 2.34. The molecule has 1 aromatic carbocycles. The van der Waals surface area contributed by atoms with Gasteiger partial charge in [0.25, 0.3) is 0 Å². The van der Waals surface area contributed by atoms with Gasteiger partial charge in [-0.25, -0.2) is 8.42 Å². The average molecular weight is 415 g/mol. The highest BCUT2D eigenvalue weighted by Crippen LogP contribution is 2.21. The van der Waals surface area contributed by atoms with Crippen LogP contribution in [0.2, 0.25) is 5.02 Å². The van der Waals surface area contributed by atoms with Crippen molar-refractivity contribution in [3.05, 3.63) is 34.9 Å². The maximum absolute atomic E-state index is 12.6. The molecule has 0 spiro atoms. The minimum Gasteiger partial charge on any atom is -0.377 e. The van der Waals surface area contributed by atoms with Crippen LogP contribution in [0.4, 0.5) is 0 Å². The van der Waals surface area contributed by atoms with Crippen LogP contribution < -0.4 is 5.32 Å². The van der Waals surface area contributed by atoms with Crippen molar-refractivity contribution >= 4 is 27.3 Å². The molecule has 2 fully saturated rings. The van der Waals surface area contributed by atoms with Crippen LogP contribution in [0.25, 0.3) is 0 Å². The van der Waals surface area contributed by atoms with E-state index in [1.165, 1.54) is 0 Å². The second kappa shape index (κ2) is 8.90. The molecule has 27 heavy (non-hydrogen) atoms. The molecule has 2 aliphatic heterocycles. The summed E-state index contributed by atoms with van der Waals surface area (Å²) in [7, 11) is -3.01. The Morgan fingerprint density at radius 1 is 1.33 bits per heavy atom. The molecule has 0 aromatic heterocycles. The first-order valence-electron chi connectivity index (χ1n) is 9.43. The van der Waals surface area contributed by atoms with Crippen LogP contribution in [0.1, 0.15) is 37.8 Å². The van der Waals surface area contributed by atoms with Crippen LogP contribution in [0, 0.1) is 0 Å². The number of carbonyl (C=O) groups is 1. The van der Waals surface area contributed by atoms with Gasteiger partial charge in [0.05, 0.1) is 30.2 Å². The molecule has 2 saturated heterocycles. The number of benzene rings is 1. The highest BCUT2D eigenvalue weighted by molar-refractivity contribution is 7.91. The average Bonchev–Trinajstić information content (AvgIpc) is 3.24. The van der Waals surface area contributed by atoms with E-state index in [9.17, 15) is 13.2 Å². The Hall–Kier alpha value is -1.15. The fraction of sp³-hybridized carbons (Fsp3) is 0.632. The molecule has 150 valence electrons. The number of nitrogens with one attached hydrogen (secondary N) is 1. The van der Waals surface area contributed by atoms with Gasteiger partial charge in [-0.1, -0.05) is 23.7 Å². The summed E-state index contributed by atoms with van der Waals surface area (Å²) in [6, 6.07) is 7.11. The molecule has 8 heteroatoms. The van der Waals surface area contributed by atoms with Crippen molar-refractivity contribution in [2.45, 2.75) is 44.4 Å². The second-order valence-electron chi connectivity index (χ2n) is 7.46. The van der Waals surface area contributed by atoms with E-state index in [0.717, 1.165) is 25.0 Å². The van der Waals surface area contributed by atoms with Gasteiger partial charge in [-0.15, -0.1) is 0 Å². The summed E-state index contributed by atoms with van der Waals surface area (Å²) in [5.41, 5.74) is 0.974. The smallest absolute Gasteiger partial charge is 0.234 e. The molecule has 3 unspecified atom stereocenters. The maximum atomic E-state index is 12.6. The number of hydrogen-bond donors (Lipinski definition) is 1. The van der Waals surface area contributed by atoms with Crippen LogP contribution >= 0.6 is 11.6 Å². The van der Waals surface area contributed by atoms with Crippen LogP contribution in [-0.2, 0) is 19.4 Å². The van der Waals surface area contributed by atoms with Gasteiger partial charge >= 0.3 is 0 Å². The molecule has 3 atom stereocenters. The molecular formula is C19H27ClN2O4S. The Balaban J connectivity index is 1.61. The predicted molar refractivity (Wildman–Crippen MR) is 106 cm³/mol. The summed E-state index contributed by atoms with van der Waals surface area (Å²) in [6.07, 6.45) is 2.63. The van der Waals surface area contributed by atoms with Crippen molar-refractivity contribution in [1.82, 2.24) is 10.2 Å². The van der Waals surface area contributed by atoms with Gasteiger partial charge in [-0.2, -0.15) is 0 Å². The number of carbonyl (C=O) groups excluding carboxylic acids is 1. The Morgan fingerprint density at radius 2 is 2.07 bits per heavy atom. The van der Waals surface area contributed by atoms with E-state index in [4.69, 9.17) is 16.3 Å². The van der Waals surface area contributed by atoms with Gasteiger partial charge in [-0.3, -0.25) is 9.69 Å². The van der Waals surface area contributed by atoms with Gasteiger partial charge in [-0.05, 0) is 43.9 Å². The predicted octanol–water partition coefficient (Wildman–Crippen LogP) is 2.19. The largest absolute Gasteiger partial charge is 0.377 e. The van der Waals surface area contributed by atoms with E-state index in [0.29, 0.717) is 18.0 Å².